The van der Waals surface area contributed by atoms with Crippen LogP contribution >= 0.6 is 0 Å². The van der Waals surface area contributed by atoms with E-state index in [1.165, 1.54) is 0 Å². The highest BCUT2D eigenvalue weighted by atomic mass is 16.5. The summed E-state index contributed by atoms with van der Waals surface area (Å²) in [5, 5.41) is 15.8. The first kappa shape index (κ1) is 18.6. The number of nitrogens with two attached hydrogens (primary N) is 1. The average molecular weight is 346 g/mol. The number of rotatable bonds is 6. The molecule has 0 saturated carbocycles. The van der Waals surface area contributed by atoms with E-state index < -0.39 is 6.09 Å². The van der Waals surface area contributed by atoms with Crippen LogP contribution in [-0.2, 0) is 7.05 Å². The summed E-state index contributed by atoms with van der Waals surface area (Å²) in [7, 11) is 1.84. The van der Waals surface area contributed by atoms with Gasteiger partial charge in [0.25, 0.3) is 0 Å². The molecule has 7 nitrogen and oxygen atoms in total. The van der Waals surface area contributed by atoms with Gasteiger partial charge in [-0.2, -0.15) is 5.10 Å². The number of anilines is 1. The van der Waals surface area contributed by atoms with Gasteiger partial charge >= 0.3 is 6.09 Å². The highest BCUT2D eigenvalue weighted by Crippen LogP contribution is 2.32. The molecule has 136 valence electrons. The number of carbonyl (C=O) groups is 1. The normalized spacial score (nSPS) is 12.6. The van der Waals surface area contributed by atoms with Crippen LogP contribution in [-0.4, -0.2) is 33.6 Å². The fraction of sp³-hybridized carbons (Fsp3) is 0.444. The molecule has 0 radical (unpaired) electrons. The van der Waals surface area contributed by atoms with Gasteiger partial charge in [-0.1, -0.05) is 20.8 Å². The lowest BCUT2D eigenvalue weighted by Gasteiger charge is -2.26. The maximum atomic E-state index is 11.1. The minimum Gasteiger partial charge on any atom is -0.491 e. The molecule has 0 unspecified atom stereocenters. The number of aromatic nitrogens is 2. The number of amides is 1. The Morgan fingerprint density at radius 3 is 2.68 bits per heavy atom. The van der Waals surface area contributed by atoms with Crippen molar-refractivity contribution in [3.05, 3.63) is 30.5 Å². The van der Waals surface area contributed by atoms with Crippen molar-refractivity contribution in [1.29, 1.82) is 0 Å². The summed E-state index contributed by atoms with van der Waals surface area (Å²) in [6.07, 6.45) is 1.31. The molecule has 1 aromatic heterocycles. The Hall–Kier alpha value is -2.70. The van der Waals surface area contributed by atoms with E-state index in [1.54, 1.807) is 23.0 Å². The number of benzene rings is 1. The molecule has 1 amide bonds. The molecule has 0 aliphatic rings. The van der Waals surface area contributed by atoms with Crippen molar-refractivity contribution in [2.45, 2.75) is 33.2 Å². The van der Waals surface area contributed by atoms with Crippen molar-refractivity contribution in [3.8, 4) is 17.0 Å². The predicted octanol–water partition coefficient (Wildman–Crippen LogP) is 3.12. The lowest BCUT2D eigenvalue weighted by Crippen LogP contribution is -2.40. The molecule has 7 heteroatoms. The lowest BCUT2D eigenvalue weighted by molar-refractivity contribution is 0.169. The summed E-state index contributed by atoms with van der Waals surface area (Å²) >= 11 is 0. The van der Waals surface area contributed by atoms with Gasteiger partial charge in [-0.05, 0) is 36.1 Å². The molecule has 0 saturated heterocycles. The number of ether oxygens (including phenoxy) is 1. The zero-order valence-electron chi connectivity index (χ0n) is 15.1. The molecule has 2 aromatic rings. The molecular formula is C18H26N4O3. The number of nitrogen functional groups attached to an aromatic ring is 1. The van der Waals surface area contributed by atoms with Crippen molar-refractivity contribution >= 4 is 11.8 Å². The highest BCUT2D eigenvalue weighted by Gasteiger charge is 2.22. The van der Waals surface area contributed by atoms with Gasteiger partial charge in [-0.25, -0.2) is 4.79 Å². The molecule has 0 aliphatic heterocycles. The lowest BCUT2D eigenvalue weighted by atomic mass is 9.88. The summed E-state index contributed by atoms with van der Waals surface area (Å²) in [6, 6.07) is 6.96. The monoisotopic (exact) mass is 346 g/mol. The zero-order chi connectivity index (χ0) is 18.6. The maximum absolute atomic E-state index is 11.1. The Bertz CT molecular complexity index is 734. The second-order valence-corrected chi connectivity index (χ2v) is 7.32. The molecule has 0 aliphatic carbocycles. The van der Waals surface area contributed by atoms with Gasteiger partial charge in [0, 0.05) is 24.5 Å². The van der Waals surface area contributed by atoms with Crippen LogP contribution in [0.3, 0.4) is 0 Å². The van der Waals surface area contributed by atoms with E-state index in [0.29, 0.717) is 17.9 Å². The molecule has 0 fully saturated rings. The van der Waals surface area contributed by atoms with Gasteiger partial charge in [0.15, 0.2) is 0 Å². The van der Waals surface area contributed by atoms with E-state index in [-0.39, 0.29) is 18.1 Å². The van der Waals surface area contributed by atoms with E-state index >= 15 is 0 Å². The minimum atomic E-state index is -1.05. The van der Waals surface area contributed by atoms with Gasteiger partial charge in [0.1, 0.15) is 12.4 Å². The Morgan fingerprint density at radius 2 is 2.12 bits per heavy atom. The van der Waals surface area contributed by atoms with E-state index in [0.717, 1.165) is 11.3 Å². The third-order valence-electron chi connectivity index (χ3n) is 3.73. The fourth-order valence-corrected chi connectivity index (χ4v) is 2.77. The molecular weight excluding hydrogens is 320 g/mol. The maximum Gasteiger partial charge on any atom is 0.404 e. The van der Waals surface area contributed by atoms with E-state index in [4.69, 9.17) is 15.6 Å². The quantitative estimate of drug-likeness (QED) is 0.697. The first-order chi connectivity index (χ1) is 11.7. The van der Waals surface area contributed by atoms with Crippen molar-refractivity contribution in [3.63, 3.8) is 0 Å². The number of carboxylic acid groups (broad SMARTS) is 1. The largest absolute Gasteiger partial charge is 0.491 e. The van der Waals surface area contributed by atoms with Crippen LogP contribution in [0.25, 0.3) is 11.3 Å². The topological polar surface area (TPSA) is 102 Å². The Kier molecular flexibility index (Phi) is 5.56. The first-order valence-electron chi connectivity index (χ1n) is 8.16. The van der Waals surface area contributed by atoms with Crippen LogP contribution in [0.15, 0.2) is 30.5 Å². The van der Waals surface area contributed by atoms with Crippen LogP contribution in [0, 0.1) is 5.41 Å². The molecule has 1 aromatic carbocycles. The van der Waals surface area contributed by atoms with Gasteiger partial charge in [0.2, 0.25) is 0 Å². The summed E-state index contributed by atoms with van der Waals surface area (Å²) in [5.74, 6) is 0.642. The Morgan fingerprint density at radius 1 is 1.40 bits per heavy atom. The highest BCUT2D eigenvalue weighted by molar-refractivity contribution is 5.71. The summed E-state index contributed by atoms with van der Waals surface area (Å²) in [6.45, 7) is 6.42. The SMILES string of the molecule is Cn1nccc1-c1cc(N)ccc1OC[C@@H](CC(C)(C)C)NC(=O)O. The van der Waals surface area contributed by atoms with Gasteiger partial charge in [0.05, 0.1) is 11.7 Å². The van der Waals surface area contributed by atoms with Crippen LogP contribution in [0.1, 0.15) is 27.2 Å². The number of aryl methyl sites for hydroxylation is 1. The molecule has 0 spiro atoms. The number of hydrogen-bond donors (Lipinski definition) is 3. The first-order valence-corrected chi connectivity index (χ1v) is 8.16. The van der Waals surface area contributed by atoms with Gasteiger partial charge in [-0.15, -0.1) is 0 Å². The summed E-state index contributed by atoms with van der Waals surface area (Å²) in [4.78, 5) is 11.1. The van der Waals surface area contributed by atoms with E-state index in [2.05, 4.69) is 31.2 Å². The van der Waals surface area contributed by atoms with E-state index in [1.807, 2.05) is 19.2 Å². The molecule has 0 bridgehead atoms. The van der Waals surface area contributed by atoms with E-state index in [9.17, 15) is 4.79 Å². The molecule has 4 N–H and O–H groups in total. The smallest absolute Gasteiger partial charge is 0.404 e. The second kappa shape index (κ2) is 7.46. The van der Waals surface area contributed by atoms with Crippen molar-refractivity contribution in [2.24, 2.45) is 12.5 Å². The number of hydrogen-bond acceptors (Lipinski definition) is 4. The minimum absolute atomic E-state index is 0.0253. The van der Waals surface area contributed by atoms with Gasteiger partial charge < -0.3 is 20.9 Å². The average Bonchev–Trinajstić information content (AvgIpc) is 2.89. The van der Waals surface area contributed by atoms with Crippen molar-refractivity contribution in [2.75, 3.05) is 12.3 Å². The Labute approximate surface area is 147 Å². The summed E-state index contributed by atoms with van der Waals surface area (Å²) < 4.78 is 7.70. The van der Waals surface area contributed by atoms with Crippen molar-refractivity contribution < 1.29 is 14.6 Å². The molecule has 2 rings (SSSR count). The predicted molar refractivity (Wildman–Crippen MR) is 97.6 cm³/mol. The van der Waals surface area contributed by atoms with Crippen LogP contribution in [0.4, 0.5) is 10.5 Å². The third kappa shape index (κ3) is 5.41. The molecule has 25 heavy (non-hydrogen) atoms. The van der Waals surface area contributed by atoms with Gasteiger partial charge in [-0.3, -0.25) is 4.68 Å². The second-order valence-electron chi connectivity index (χ2n) is 7.32. The van der Waals surface area contributed by atoms with Crippen molar-refractivity contribution in [1.82, 2.24) is 15.1 Å². The van der Waals surface area contributed by atoms with Crippen LogP contribution in [0.2, 0.25) is 0 Å². The molecule has 1 atom stereocenters. The zero-order valence-corrected chi connectivity index (χ0v) is 15.1. The van der Waals surface area contributed by atoms with Crippen LogP contribution in [0.5, 0.6) is 5.75 Å². The molecule has 1 heterocycles. The standard InChI is InChI=1S/C18H26N4O3/c1-18(2,3)10-13(21-17(23)24)11-25-16-6-5-12(19)9-14(16)15-7-8-20-22(15)4/h5-9,13,21H,10-11,19H2,1-4H3,(H,23,24)/t13-/m1/s1. The van der Waals surface area contributed by atoms with Crippen LogP contribution < -0.4 is 15.8 Å². The number of nitrogens with zero attached hydrogens (tertiary/aromatic N) is 2. The Balaban J connectivity index is 2.21. The third-order valence-corrected chi connectivity index (χ3v) is 3.73. The fourth-order valence-electron chi connectivity index (χ4n) is 2.77. The summed E-state index contributed by atoms with van der Waals surface area (Å²) in [5.41, 5.74) is 8.21. The number of nitrogens with one attached hydrogen (secondary N) is 1.